The minimum Gasteiger partial charge on any atom is -0.487 e. The highest BCUT2D eigenvalue weighted by molar-refractivity contribution is 7.83. The van der Waals surface area contributed by atoms with Crippen LogP contribution >= 0.6 is 12.6 Å². The van der Waals surface area contributed by atoms with Crippen LogP contribution < -0.4 is 4.74 Å². The summed E-state index contributed by atoms with van der Waals surface area (Å²) in [5.74, 6) is -0.492. The zero-order valence-corrected chi connectivity index (χ0v) is 22.2. The Kier molecular flexibility index (Phi) is 6.87. The molecule has 0 aromatic heterocycles. The van der Waals surface area contributed by atoms with Gasteiger partial charge in [0, 0.05) is 18.2 Å². The Balaban J connectivity index is 1.28. The number of hydrogen-bond acceptors (Lipinski definition) is 6. The SMILES string of the molecule is CCC(C)(OCC(O)CN1CCCC1Cc1ccccc1)c1ccc(C)c2c1C1C(O2)C1(S)C(=O)O. The van der Waals surface area contributed by atoms with Crippen LogP contribution in [0.4, 0.5) is 0 Å². The molecule has 0 spiro atoms. The van der Waals surface area contributed by atoms with E-state index >= 15 is 0 Å². The number of ether oxygens (including phenoxy) is 2. The van der Waals surface area contributed by atoms with Crippen LogP contribution in [-0.4, -0.2) is 63.8 Å². The average molecular weight is 512 g/mol. The number of carbonyl (C=O) groups is 1. The number of nitrogens with zero attached hydrogens (tertiary/aromatic N) is 1. The Hall–Kier alpha value is -2.06. The number of benzene rings is 2. The normalized spacial score (nSPS) is 29.2. The van der Waals surface area contributed by atoms with Crippen molar-refractivity contribution in [3.05, 3.63) is 64.7 Å². The third-order valence-corrected chi connectivity index (χ3v) is 9.21. The molecule has 2 heterocycles. The maximum absolute atomic E-state index is 11.9. The van der Waals surface area contributed by atoms with Crippen molar-refractivity contribution in [2.24, 2.45) is 0 Å². The van der Waals surface area contributed by atoms with Crippen LogP contribution in [0.3, 0.4) is 0 Å². The summed E-state index contributed by atoms with van der Waals surface area (Å²) >= 11 is 4.50. The molecule has 0 amide bonds. The predicted octanol–water partition coefficient (Wildman–Crippen LogP) is 4.32. The van der Waals surface area contributed by atoms with E-state index < -0.39 is 28.5 Å². The van der Waals surface area contributed by atoms with Gasteiger partial charge in [-0.2, -0.15) is 12.6 Å². The number of thiol groups is 1. The Labute approximate surface area is 219 Å². The second-order valence-corrected chi connectivity index (χ2v) is 11.6. The first-order chi connectivity index (χ1) is 17.2. The fourth-order valence-electron chi connectivity index (χ4n) is 6.12. The zero-order valence-electron chi connectivity index (χ0n) is 21.3. The standard InChI is InChI=1S/C29H37NO5S/c1-4-28(3,22-13-12-18(2)25-23(22)24-26(35-25)29(24,36)27(32)33)34-17-21(31)16-30-14-8-11-20(30)15-19-9-6-5-7-10-19/h5-7,9-10,12-13,20-21,24,26,31,36H,4,8,11,14-17H2,1-3H3,(H,32,33). The second-order valence-electron chi connectivity index (χ2n) is 10.8. The molecule has 1 aliphatic carbocycles. The molecule has 7 heteroatoms. The third-order valence-electron chi connectivity index (χ3n) is 8.49. The van der Waals surface area contributed by atoms with E-state index in [0.717, 1.165) is 48.2 Å². The molecule has 194 valence electrons. The third kappa shape index (κ3) is 4.34. The number of likely N-dealkylation sites (tertiary alicyclic amines) is 1. The number of hydrogen-bond donors (Lipinski definition) is 3. The Morgan fingerprint density at radius 1 is 1.31 bits per heavy atom. The maximum Gasteiger partial charge on any atom is 0.324 e. The van der Waals surface area contributed by atoms with E-state index in [9.17, 15) is 15.0 Å². The number of carboxylic acids is 1. The largest absolute Gasteiger partial charge is 0.487 e. The van der Waals surface area contributed by atoms with E-state index in [-0.39, 0.29) is 12.5 Å². The Morgan fingerprint density at radius 2 is 2.06 bits per heavy atom. The quantitative estimate of drug-likeness (QED) is 0.413. The molecule has 2 aliphatic heterocycles. The maximum atomic E-state index is 11.9. The number of β-amino-alcohol motifs (C(OH)–C–C–N with tert-alkyl or cyclic N) is 1. The number of aliphatic hydroxyl groups excluding tert-OH is 1. The van der Waals surface area contributed by atoms with E-state index in [1.54, 1.807) is 0 Å². The van der Waals surface area contributed by atoms with Gasteiger partial charge in [-0.3, -0.25) is 9.69 Å². The summed E-state index contributed by atoms with van der Waals surface area (Å²) in [7, 11) is 0. The minimum absolute atomic E-state index is 0.210. The first-order valence-corrected chi connectivity index (χ1v) is 13.5. The number of fused-ring (bicyclic) bond motifs is 3. The van der Waals surface area contributed by atoms with Crippen molar-refractivity contribution < 1.29 is 24.5 Å². The molecule has 2 aromatic rings. The molecule has 1 saturated carbocycles. The van der Waals surface area contributed by atoms with Crippen molar-refractivity contribution in [3.8, 4) is 5.75 Å². The highest BCUT2D eigenvalue weighted by Crippen LogP contribution is 2.66. The van der Waals surface area contributed by atoms with Gasteiger partial charge in [-0.05, 0) is 62.8 Å². The lowest BCUT2D eigenvalue weighted by molar-refractivity contribution is -0.137. The average Bonchev–Trinajstić information content (AvgIpc) is 3.17. The summed E-state index contributed by atoms with van der Waals surface area (Å²) in [5, 5.41) is 20.7. The molecule has 2 N–H and O–H groups in total. The van der Waals surface area contributed by atoms with Gasteiger partial charge in [-0.25, -0.2) is 0 Å². The van der Waals surface area contributed by atoms with Crippen molar-refractivity contribution in [2.75, 3.05) is 19.7 Å². The summed E-state index contributed by atoms with van der Waals surface area (Å²) in [6.45, 7) is 7.84. The van der Waals surface area contributed by atoms with Gasteiger partial charge in [0.05, 0.1) is 24.2 Å². The molecule has 6 unspecified atom stereocenters. The van der Waals surface area contributed by atoms with Crippen molar-refractivity contribution >= 4 is 18.6 Å². The van der Waals surface area contributed by atoms with Gasteiger partial charge in [0.2, 0.25) is 0 Å². The minimum atomic E-state index is -1.20. The van der Waals surface area contributed by atoms with Gasteiger partial charge < -0.3 is 19.7 Å². The van der Waals surface area contributed by atoms with Crippen LogP contribution in [0.1, 0.15) is 61.3 Å². The second kappa shape index (κ2) is 9.67. The summed E-state index contributed by atoms with van der Waals surface area (Å²) in [6, 6.07) is 15.0. The number of aryl methyl sites for hydroxylation is 1. The summed E-state index contributed by atoms with van der Waals surface area (Å²) < 4.78 is 11.3. The summed E-state index contributed by atoms with van der Waals surface area (Å²) in [5.41, 5.74) is 3.47. The van der Waals surface area contributed by atoms with E-state index in [1.807, 2.05) is 32.0 Å². The molecule has 36 heavy (non-hydrogen) atoms. The van der Waals surface area contributed by atoms with Crippen LogP contribution in [0.2, 0.25) is 0 Å². The number of carboxylic acid groups (broad SMARTS) is 1. The van der Waals surface area contributed by atoms with Crippen LogP contribution in [0.5, 0.6) is 5.75 Å². The lowest BCUT2D eigenvalue weighted by Gasteiger charge is -2.34. The van der Waals surface area contributed by atoms with E-state index in [0.29, 0.717) is 19.0 Å². The zero-order chi connectivity index (χ0) is 25.7. The number of rotatable bonds is 10. The van der Waals surface area contributed by atoms with E-state index in [2.05, 4.69) is 48.7 Å². The van der Waals surface area contributed by atoms with Gasteiger partial charge in [-0.15, -0.1) is 0 Å². The molecule has 6 atom stereocenters. The first-order valence-electron chi connectivity index (χ1n) is 13.1. The molecule has 2 fully saturated rings. The van der Waals surface area contributed by atoms with Crippen molar-refractivity contribution in [1.29, 1.82) is 0 Å². The number of aliphatic hydroxyl groups is 1. The van der Waals surface area contributed by atoms with Crippen molar-refractivity contribution in [3.63, 3.8) is 0 Å². The van der Waals surface area contributed by atoms with Crippen molar-refractivity contribution in [2.45, 2.75) is 81.0 Å². The van der Waals surface area contributed by atoms with Crippen molar-refractivity contribution in [1.82, 2.24) is 4.90 Å². The van der Waals surface area contributed by atoms with Crippen LogP contribution in [0.25, 0.3) is 0 Å². The molecule has 0 bridgehead atoms. The highest BCUT2D eigenvalue weighted by Gasteiger charge is 2.75. The molecule has 2 aromatic carbocycles. The summed E-state index contributed by atoms with van der Waals surface area (Å²) in [4.78, 5) is 14.3. The lowest BCUT2D eigenvalue weighted by Crippen LogP contribution is -2.40. The van der Waals surface area contributed by atoms with Gasteiger partial charge in [0.25, 0.3) is 0 Å². The molecule has 5 rings (SSSR count). The van der Waals surface area contributed by atoms with E-state index in [1.165, 1.54) is 5.56 Å². The Bertz CT molecular complexity index is 1130. The lowest BCUT2D eigenvalue weighted by atomic mass is 9.85. The molecule has 0 radical (unpaired) electrons. The molecule has 6 nitrogen and oxygen atoms in total. The van der Waals surface area contributed by atoms with Gasteiger partial charge in [0.15, 0.2) is 4.75 Å². The van der Waals surface area contributed by atoms with Crippen LogP contribution in [0.15, 0.2) is 42.5 Å². The molecule has 3 aliphatic rings. The molecular weight excluding hydrogens is 474 g/mol. The monoisotopic (exact) mass is 511 g/mol. The molecular formula is C29H37NO5S. The molecule has 1 saturated heterocycles. The number of aliphatic carboxylic acids is 1. The Morgan fingerprint density at radius 3 is 2.75 bits per heavy atom. The van der Waals surface area contributed by atoms with Gasteiger partial charge >= 0.3 is 5.97 Å². The fraction of sp³-hybridized carbons (Fsp3) is 0.552. The predicted molar refractivity (Wildman–Crippen MR) is 142 cm³/mol. The first kappa shape index (κ1) is 25.6. The van der Waals surface area contributed by atoms with Gasteiger partial charge in [0.1, 0.15) is 11.9 Å². The summed E-state index contributed by atoms with van der Waals surface area (Å²) in [6.07, 6.45) is 2.89. The highest BCUT2D eigenvalue weighted by atomic mass is 32.1. The van der Waals surface area contributed by atoms with Crippen LogP contribution in [-0.2, 0) is 21.6 Å². The van der Waals surface area contributed by atoms with Gasteiger partial charge in [-0.1, -0.05) is 49.4 Å². The van der Waals surface area contributed by atoms with Crippen LogP contribution in [0, 0.1) is 6.92 Å². The smallest absolute Gasteiger partial charge is 0.324 e. The fourth-order valence-corrected chi connectivity index (χ4v) is 6.51. The topological polar surface area (TPSA) is 79.2 Å². The van der Waals surface area contributed by atoms with E-state index in [4.69, 9.17) is 9.47 Å².